The van der Waals surface area contributed by atoms with E-state index in [4.69, 9.17) is 4.74 Å². The normalized spacial score (nSPS) is 10.6. The van der Waals surface area contributed by atoms with Crippen molar-refractivity contribution in [3.63, 3.8) is 0 Å². The van der Waals surface area contributed by atoms with Gasteiger partial charge in [0, 0.05) is 12.0 Å². The van der Waals surface area contributed by atoms with Gasteiger partial charge in [0.25, 0.3) is 0 Å². The van der Waals surface area contributed by atoms with Crippen LogP contribution < -0.4 is 4.74 Å². The van der Waals surface area contributed by atoms with Crippen molar-refractivity contribution >= 4 is 16.6 Å². The highest BCUT2D eigenvalue weighted by atomic mass is 16.5. The fraction of sp³-hybridized carbons (Fsp3) is 0.105. The van der Waals surface area contributed by atoms with Crippen LogP contribution in [0.2, 0.25) is 0 Å². The molecule has 0 saturated carbocycles. The summed E-state index contributed by atoms with van der Waals surface area (Å²) in [6, 6.07) is 18.7. The monoisotopic (exact) mass is 292 g/mol. The maximum atomic E-state index is 12.5. The van der Waals surface area contributed by atoms with E-state index in [1.54, 1.807) is 12.1 Å². The maximum Gasteiger partial charge on any atom is 0.167 e. The number of Topliss-reactive ketones (excluding diaryl/α,β-unsaturated/α-hetero) is 1. The second-order valence-corrected chi connectivity index (χ2v) is 5.12. The van der Waals surface area contributed by atoms with Crippen LogP contribution in [0.5, 0.6) is 11.5 Å². The number of aromatic hydroxyl groups is 1. The topological polar surface area (TPSA) is 46.5 Å². The molecule has 22 heavy (non-hydrogen) atoms. The Morgan fingerprint density at radius 2 is 1.82 bits per heavy atom. The summed E-state index contributed by atoms with van der Waals surface area (Å²) in [5.74, 6) is 0.336. The van der Waals surface area contributed by atoms with Crippen LogP contribution in [0, 0.1) is 0 Å². The number of phenolic OH excluding ortho intramolecular Hbond substituents is 1. The molecule has 0 aliphatic heterocycles. The summed E-state index contributed by atoms with van der Waals surface area (Å²) in [6.45, 7) is 0. The first kappa shape index (κ1) is 14.1. The number of hydrogen-bond acceptors (Lipinski definition) is 3. The summed E-state index contributed by atoms with van der Waals surface area (Å²) < 4.78 is 5.05. The molecule has 0 aliphatic rings. The summed E-state index contributed by atoms with van der Waals surface area (Å²) in [5, 5.41) is 11.8. The van der Waals surface area contributed by atoms with Crippen LogP contribution in [0.25, 0.3) is 10.8 Å². The van der Waals surface area contributed by atoms with Gasteiger partial charge >= 0.3 is 0 Å². The van der Waals surface area contributed by atoms with E-state index < -0.39 is 0 Å². The Labute approximate surface area is 128 Å². The quantitative estimate of drug-likeness (QED) is 0.740. The van der Waals surface area contributed by atoms with Gasteiger partial charge in [0.1, 0.15) is 0 Å². The number of ketones is 1. The average Bonchev–Trinajstić information content (AvgIpc) is 2.55. The molecular formula is C19H16O3. The Kier molecular flexibility index (Phi) is 3.79. The van der Waals surface area contributed by atoms with Crippen LogP contribution in [0.15, 0.2) is 60.7 Å². The number of benzene rings is 3. The number of fused-ring (bicyclic) bond motifs is 1. The molecular weight excluding hydrogens is 276 g/mol. The Bertz CT molecular complexity index is 832. The van der Waals surface area contributed by atoms with E-state index in [0.717, 1.165) is 16.3 Å². The molecule has 0 bridgehead atoms. The molecule has 0 aromatic heterocycles. The summed E-state index contributed by atoms with van der Waals surface area (Å²) in [6.07, 6.45) is 0.315. The summed E-state index contributed by atoms with van der Waals surface area (Å²) in [4.78, 5) is 12.5. The number of hydrogen-bond donors (Lipinski definition) is 1. The Morgan fingerprint density at radius 3 is 2.64 bits per heavy atom. The van der Waals surface area contributed by atoms with Gasteiger partial charge in [0.15, 0.2) is 17.3 Å². The molecule has 0 fully saturated rings. The van der Waals surface area contributed by atoms with Gasteiger partial charge in [-0.1, -0.05) is 42.5 Å². The van der Waals surface area contributed by atoms with Gasteiger partial charge in [0.05, 0.1) is 7.11 Å². The lowest BCUT2D eigenvalue weighted by molar-refractivity contribution is 0.0993. The van der Waals surface area contributed by atoms with Gasteiger partial charge in [0.2, 0.25) is 0 Å². The zero-order valence-corrected chi connectivity index (χ0v) is 12.2. The molecule has 0 heterocycles. The van der Waals surface area contributed by atoms with Gasteiger partial charge < -0.3 is 9.84 Å². The predicted molar refractivity (Wildman–Crippen MR) is 86.6 cm³/mol. The summed E-state index contributed by atoms with van der Waals surface area (Å²) in [5.41, 5.74) is 1.53. The van der Waals surface area contributed by atoms with Crippen molar-refractivity contribution in [3.8, 4) is 11.5 Å². The van der Waals surface area contributed by atoms with Gasteiger partial charge in [-0.3, -0.25) is 4.79 Å². The zero-order valence-electron chi connectivity index (χ0n) is 12.2. The largest absolute Gasteiger partial charge is 0.504 e. The second-order valence-electron chi connectivity index (χ2n) is 5.12. The third kappa shape index (κ3) is 2.66. The number of ether oxygens (including phenoxy) is 1. The lowest BCUT2D eigenvalue weighted by Crippen LogP contribution is -2.04. The average molecular weight is 292 g/mol. The van der Waals surface area contributed by atoms with Gasteiger partial charge in [-0.05, 0) is 34.5 Å². The molecule has 3 aromatic carbocycles. The van der Waals surface area contributed by atoms with Crippen molar-refractivity contribution in [3.05, 3.63) is 71.8 Å². The smallest absolute Gasteiger partial charge is 0.167 e. The number of phenols is 1. The Hall–Kier alpha value is -2.81. The van der Waals surface area contributed by atoms with E-state index in [1.807, 2.05) is 42.5 Å². The van der Waals surface area contributed by atoms with Crippen LogP contribution in [0.1, 0.15) is 15.9 Å². The van der Waals surface area contributed by atoms with E-state index in [-0.39, 0.29) is 11.5 Å². The minimum Gasteiger partial charge on any atom is -0.504 e. The zero-order chi connectivity index (χ0) is 15.5. The summed E-state index contributed by atoms with van der Waals surface area (Å²) >= 11 is 0. The van der Waals surface area contributed by atoms with Crippen molar-refractivity contribution in [2.24, 2.45) is 0 Å². The first-order valence-electron chi connectivity index (χ1n) is 7.06. The molecule has 3 nitrogen and oxygen atoms in total. The van der Waals surface area contributed by atoms with Gasteiger partial charge in [-0.15, -0.1) is 0 Å². The van der Waals surface area contributed by atoms with E-state index >= 15 is 0 Å². The first-order valence-corrected chi connectivity index (χ1v) is 7.06. The predicted octanol–water partition coefficient (Wildman–Crippen LogP) is 3.98. The third-order valence-corrected chi connectivity index (χ3v) is 3.73. The third-order valence-electron chi connectivity index (χ3n) is 3.73. The molecule has 3 rings (SSSR count). The van der Waals surface area contributed by atoms with Crippen molar-refractivity contribution in [1.82, 2.24) is 0 Å². The van der Waals surface area contributed by atoms with E-state index in [9.17, 15) is 9.90 Å². The number of carbonyl (C=O) groups excluding carboxylic acids is 1. The van der Waals surface area contributed by atoms with Gasteiger partial charge in [-0.2, -0.15) is 0 Å². The maximum absolute atomic E-state index is 12.5. The number of carbonyl (C=O) groups is 1. The Balaban J connectivity index is 1.93. The van der Waals surface area contributed by atoms with Crippen molar-refractivity contribution in [1.29, 1.82) is 0 Å². The molecule has 0 saturated heterocycles. The molecule has 0 unspecified atom stereocenters. The highest BCUT2D eigenvalue weighted by molar-refractivity contribution is 6.00. The van der Waals surface area contributed by atoms with Crippen LogP contribution in [0.3, 0.4) is 0 Å². The standard InChI is InChI=1S/C19H16O3/c1-22-19-12-15(9-10-17(19)20)18(21)11-14-7-4-6-13-5-2-3-8-16(13)14/h2-10,12,20H,11H2,1H3. The minimum atomic E-state index is -0.00495. The molecule has 0 radical (unpaired) electrons. The number of methoxy groups -OCH3 is 1. The highest BCUT2D eigenvalue weighted by Crippen LogP contribution is 2.27. The number of rotatable bonds is 4. The lowest BCUT2D eigenvalue weighted by atomic mass is 9.97. The minimum absolute atomic E-state index is 0.00495. The van der Waals surface area contributed by atoms with Crippen molar-refractivity contribution in [2.75, 3.05) is 7.11 Å². The van der Waals surface area contributed by atoms with Crippen LogP contribution in [-0.2, 0) is 6.42 Å². The molecule has 0 aliphatic carbocycles. The van der Waals surface area contributed by atoms with Crippen molar-refractivity contribution in [2.45, 2.75) is 6.42 Å². The second kappa shape index (κ2) is 5.90. The highest BCUT2D eigenvalue weighted by Gasteiger charge is 2.12. The fourth-order valence-electron chi connectivity index (χ4n) is 2.57. The van der Waals surface area contributed by atoms with E-state index in [2.05, 4.69) is 0 Å². The lowest BCUT2D eigenvalue weighted by Gasteiger charge is -2.08. The molecule has 110 valence electrons. The Morgan fingerprint density at radius 1 is 1.05 bits per heavy atom. The van der Waals surface area contributed by atoms with E-state index in [0.29, 0.717) is 17.7 Å². The molecule has 1 N–H and O–H groups in total. The first-order chi connectivity index (χ1) is 10.7. The van der Waals surface area contributed by atoms with Crippen LogP contribution in [-0.4, -0.2) is 18.0 Å². The molecule has 0 amide bonds. The fourth-order valence-corrected chi connectivity index (χ4v) is 2.57. The molecule has 0 spiro atoms. The van der Waals surface area contributed by atoms with Crippen LogP contribution >= 0.6 is 0 Å². The molecule has 3 aromatic rings. The van der Waals surface area contributed by atoms with Gasteiger partial charge in [-0.25, -0.2) is 0 Å². The SMILES string of the molecule is COc1cc(C(=O)Cc2cccc3ccccc23)ccc1O. The van der Waals surface area contributed by atoms with Crippen molar-refractivity contribution < 1.29 is 14.6 Å². The van der Waals surface area contributed by atoms with Crippen LogP contribution in [0.4, 0.5) is 0 Å². The molecule has 0 atom stereocenters. The van der Waals surface area contributed by atoms with E-state index in [1.165, 1.54) is 13.2 Å². The summed E-state index contributed by atoms with van der Waals surface area (Å²) in [7, 11) is 1.47. The molecule has 3 heteroatoms.